The monoisotopic (exact) mass is 437 g/mol. The Hall–Kier alpha value is -3.20. The van der Waals surface area contributed by atoms with Crippen molar-refractivity contribution in [3.8, 4) is 0 Å². The van der Waals surface area contributed by atoms with Gasteiger partial charge < -0.3 is 4.74 Å². The van der Waals surface area contributed by atoms with Crippen molar-refractivity contribution in [2.75, 3.05) is 20.2 Å². The number of hydrogen-bond donors (Lipinski definition) is 0. The van der Waals surface area contributed by atoms with E-state index in [2.05, 4.69) is 104 Å². The first-order valence-corrected chi connectivity index (χ1v) is 11.6. The molecule has 1 saturated heterocycles. The normalized spacial score (nSPS) is 15.9. The second-order valence-corrected chi connectivity index (χ2v) is 8.40. The number of hydrogen-bond acceptors (Lipinski definition) is 2. The summed E-state index contributed by atoms with van der Waals surface area (Å²) in [5.74, 6) is 0. The molecule has 0 radical (unpaired) electrons. The Labute approximate surface area is 199 Å². The van der Waals surface area contributed by atoms with Crippen LogP contribution in [0.1, 0.15) is 22.3 Å². The summed E-state index contributed by atoms with van der Waals surface area (Å²) < 4.78 is 5.57. The molecule has 1 fully saturated rings. The van der Waals surface area contributed by atoms with Crippen LogP contribution in [0.5, 0.6) is 0 Å². The van der Waals surface area contributed by atoms with Crippen molar-refractivity contribution in [3.63, 3.8) is 0 Å². The summed E-state index contributed by atoms with van der Waals surface area (Å²) in [6.45, 7) is 4.88. The lowest BCUT2D eigenvalue weighted by Gasteiger charge is -2.02. The SMILES string of the molecule is CN1CC1COCc1ccccc1.Cc1ccccc1.c1ccc(Cc2ccccc2)cc1. The van der Waals surface area contributed by atoms with Gasteiger partial charge in [-0.15, -0.1) is 0 Å². The predicted octanol–water partition coefficient (Wildman–Crippen LogP) is 6.79. The van der Waals surface area contributed by atoms with E-state index in [1.807, 2.05) is 36.4 Å². The minimum atomic E-state index is 0.670. The topological polar surface area (TPSA) is 12.2 Å². The number of nitrogens with zero attached hydrogens (tertiary/aromatic N) is 1. The summed E-state index contributed by atoms with van der Waals surface area (Å²) in [4.78, 5) is 2.28. The third-order valence-electron chi connectivity index (χ3n) is 5.44. The van der Waals surface area contributed by atoms with Crippen LogP contribution in [0.2, 0.25) is 0 Å². The second kappa shape index (κ2) is 14.1. The number of rotatable bonds is 6. The Morgan fingerprint density at radius 2 is 1.03 bits per heavy atom. The van der Waals surface area contributed by atoms with E-state index in [1.165, 1.54) is 28.8 Å². The summed E-state index contributed by atoms with van der Waals surface area (Å²) in [5.41, 5.74) is 5.32. The van der Waals surface area contributed by atoms with E-state index in [0.717, 1.165) is 19.6 Å². The van der Waals surface area contributed by atoms with E-state index in [4.69, 9.17) is 4.74 Å². The van der Waals surface area contributed by atoms with Gasteiger partial charge in [0.05, 0.1) is 13.2 Å². The zero-order chi connectivity index (χ0) is 23.1. The molecule has 33 heavy (non-hydrogen) atoms. The molecule has 0 aliphatic carbocycles. The molecular formula is C31H35NO. The number of likely N-dealkylation sites (N-methyl/N-ethyl adjacent to an activating group) is 1. The molecule has 2 nitrogen and oxygen atoms in total. The highest BCUT2D eigenvalue weighted by atomic mass is 16.5. The Kier molecular flexibility index (Phi) is 10.4. The van der Waals surface area contributed by atoms with Gasteiger partial charge in [0.25, 0.3) is 0 Å². The van der Waals surface area contributed by atoms with Gasteiger partial charge in [-0.25, -0.2) is 0 Å². The summed E-state index contributed by atoms with van der Waals surface area (Å²) >= 11 is 0. The Balaban J connectivity index is 0.000000146. The van der Waals surface area contributed by atoms with Gasteiger partial charge in [-0.05, 0) is 37.1 Å². The van der Waals surface area contributed by atoms with Gasteiger partial charge in [0.2, 0.25) is 0 Å². The molecule has 170 valence electrons. The van der Waals surface area contributed by atoms with E-state index >= 15 is 0 Å². The van der Waals surface area contributed by atoms with Crippen LogP contribution in [0.3, 0.4) is 0 Å². The first-order valence-electron chi connectivity index (χ1n) is 11.6. The zero-order valence-electron chi connectivity index (χ0n) is 19.8. The third-order valence-corrected chi connectivity index (χ3v) is 5.44. The first kappa shape index (κ1) is 24.4. The molecule has 0 saturated carbocycles. The van der Waals surface area contributed by atoms with Gasteiger partial charge in [0.15, 0.2) is 0 Å². The lowest BCUT2D eigenvalue weighted by Crippen LogP contribution is -2.05. The maximum absolute atomic E-state index is 5.57. The van der Waals surface area contributed by atoms with Crippen LogP contribution in [0.4, 0.5) is 0 Å². The van der Waals surface area contributed by atoms with Crippen LogP contribution in [-0.2, 0) is 17.8 Å². The molecule has 2 atom stereocenters. The summed E-state index contributed by atoms with van der Waals surface area (Å²) in [6, 6.07) is 42.3. The Morgan fingerprint density at radius 3 is 1.39 bits per heavy atom. The maximum atomic E-state index is 5.57. The zero-order valence-corrected chi connectivity index (χ0v) is 19.8. The van der Waals surface area contributed by atoms with Gasteiger partial charge in [0.1, 0.15) is 0 Å². The number of ether oxygens (including phenoxy) is 1. The van der Waals surface area contributed by atoms with Crippen LogP contribution < -0.4 is 0 Å². The van der Waals surface area contributed by atoms with E-state index < -0.39 is 0 Å². The van der Waals surface area contributed by atoms with E-state index in [1.54, 1.807) is 0 Å². The van der Waals surface area contributed by atoms with Gasteiger partial charge in [0, 0.05) is 12.6 Å². The predicted molar refractivity (Wildman–Crippen MR) is 139 cm³/mol. The molecule has 1 aliphatic heterocycles. The van der Waals surface area contributed by atoms with E-state index in [-0.39, 0.29) is 0 Å². The molecule has 1 heterocycles. The number of aryl methyl sites for hydroxylation is 1. The second-order valence-electron chi connectivity index (χ2n) is 8.40. The lowest BCUT2D eigenvalue weighted by molar-refractivity contribution is 0.116. The molecule has 0 aromatic heterocycles. The molecule has 5 rings (SSSR count). The average Bonchev–Trinajstić information content (AvgIpc) is 3.57. The van der Waals surface area contributed by atoms with Crippen LogP contribution in [0.15, 0.2) is 121 Å². The highest BCUT2D eigenvalue weighted by Gasteiger charge is 2.29. The van der Waals surface area contributed by atoms with Gasteiger partial charge in [-0.2, -0.15) is 0 Å². The summed E-state index contributed by atoms with van der Waals surface area (Å²) in [7, 11) is 2.12. The van der Waals surface area contributed by atoms with Crippen LogP contribution in [-0.4, -0.2) is 31.1 Å². The maximum Gasteiger partial charge on any atom is 0.0717 e. The largest absolute Gasteiger partial charge is 0.375 e. The van der Waals surface area contributed by atoms with E-state index in [9.17, 15) is 0 Å². The Morgan fingerprint density at radius 1 is 0.636 bits per heavy atom. The fourth-order valence-electron chi connectivity index (χ4n) is 3.31. The molecule has 4 aromatic rings. The molecule has 4 aromatic carbocycles. The van der Waals surface area contributed by atoms with Crippen molar-refractivity contribution in [2.45, 2.75) is 26.0 Å². The number of benzene rings is 4. The van der Waals surface area contributed by atoms with Crippen LogP contribution in [0, 0.1) is 6.92 Å². The van der Waals surface area contributed by atoms with Crippen molar-refractivity contribution >= 4 is 0 Å². The van der Waals surface area contributed by atoms with Crippen molar-refractivity contribution in [3.05, 3.63) is 144 Å². The van der Waals surface area contributed by atoms with Gasteiger partial charge >= 0.3 is 0 Å². The van der Waals surface area contributed by atoms with E-state index in [0.29, 0.717) is 6.04 Å². The minimum absolute atomic E-state index is 0.670. The van der Waals surface area contributed by atoms with Crippen molar-refractivity contribution in [1.82, 2.24) is 4.90 Å². The first-order chi connectivity index (χ1) is 16.2. The van der Waals surface area contributed by atoms with Crippen LogP contribution in [0.25, 0.3) is 0 Å². The third kappa shape index (κ3) is 10.3. The molecule has 0 spiro atoms. The van der Waals surface area contributed by atoms with Gasteiger partial charge in [-0.3, -0.25) is 4.90 Å². The summed E-state index contributed by atoms with van der Waals surface area (Å²) in [5, 5.41) is 0. The molecule has 2 unspecified atom stereocenters. The Bertz CT molecular complexity index is 966. The molecule has 0 N–H and O–H groups in total. The lowest BCUT2D eigenvalue weighted by atomic mass is 10.1. The average molecular weight is 438 g/mol. The highest BCUT2D eigenvalue weighted by molar-refractivity contribution is 5.25. The van der Waals surface area contributed by atoms with Crippen molar-refractivity contribution in [1.29, 1.82) is 0 Å². The quantitative estimate of drug-likeness (QED) is 0.308. The van der Waals surface area contributed by atoms with Crippen LogP contribution >= 0.6 is 0 Å². The molecular weight excluding hydrogens is 402 g/mol. The molecule has 0 amide bonds. The van der Waals surface area contributed by atoms with Gasteiger partial charge in [-0.1, -0.05) is 127 Å². The standard InChI is InChI=1S/C13H12.C11H15NO.C7H8/c1-3-7-12(8-4-1)11-13-9-5-2-6-10-13;1-12-7-11(12)9-13-8-10-5-3-2-4-6-10;1-7-5-3-2-4-6-7/h1-10H,11H2;2-6,11H,7-9H2,1H3;2-6H,1H3. The van der Waals surface area contributed by atoms with Crippen molar-refractivity contribution in [2.24, 2.45) is 0 Å². The molecule has 2 heteroatoms. The molecule has 1 aliphatic rings. The highest BCUT2D eigenvalue weighted by Crippen LogP contribution is 2.14. The van der Waals surface area contributed by atoms with Crippen molar-refractivity contribution < 1.29 is 4.74 Å². The summed E-state index contributed by atoms with van der Waals surface area (Å²) in [6.07, 6.45) is 1.03. The fourth-order valence-corrected chi connectivity index (χ4v) is 3.31. The minimum Gasteiger partial charge on any atom is -0.375 e. The fraction of sp³-hybridized carbons (Fsp3) is 0.226. The molecule has 0 bridgehead atoms. The smallest absolute Gasteiger partial charge is 0.0717 e.